The Kier molecular flexibility index (Phi) is 2.87. The lowest BCUT2D eigenvalue weighted by Gasteiger charge is -2.08. The molecule has 0 heterocycles. The van der Waals surface area contributed by atoms with Crippen molar-refractivity contribution in [1.82, 2.24) is 0 Å². The Morgan fingerprint density at radius 1 is 1.38 bits per heavy atom. The van der Waals surface area contributed by atoms with Gasteiger partial charge < -0.3 is 0 Å². The molecular weight excluding hydrogens is 117 g/mol. The molecule has 0 nitrogen and oxygen atoms in total. The standard InChI is InChI=1S/C5H9F3/c1-2-3-5(7,8)4-6/h2-4H2,1H3. The average molecular weight is 126 g/mol. The Hall–Kier alpha value is -0.210. The summed E-state index contributed by atoms with van der Waals surface area (Å²) in [7, 11) is 0. The first-order valence-corrected chi connectivity index (χ1v) is 2.56. The van der Waals surface area contributed by atoms with Crippen LogP contribution in [0.4, 0.5) is 13.2 Å². The first-order chi connectivity index (χ1) is 3.62. The van der Waals surface area contributed by atoms with Gasteiger partial charge in [-0.2, -0.15) is 0 Å². The molecule has 0 aromatic heterocycles. The van der Waals surface area contributed by atoms with Gasteiger partial charge in [0, 0.05) is 6.42 Å². The highest BCUT2D eigenvalue weighted by Gasteiger charge is 2.26. The SMILES string of the molecule is CCCC(F)(F)CF. The van der Waals surface area contributed by atoms with Gasteiger partial charge in [-0.25, -0.2) is 13.2 Å². The third kappa shape index (κ3) is 2.88. The number of alkyl halides is 3. The van der Waals surface area contributed by atoms with Crippen LogP contribution in [0.15, 0.2) is 0 Å². The number of halogens is 3. The fourth-order valence-electron chi connectivity index (χ4n) is 0.433. The highest BCUT2D eigenvalue weighted by Crippen LogP contribution is 2.19. The maximum atomic E-state index is 11.8. The van der Waals surface area contributed by atoms with Gasteiger partial charge in [0.05, 0.1) is 0 Å². The van der Waals surface area contributed by atoms with Gasteiger partial charge in [-0.3, -0.25) is 0 Å². The Balaban J connectivity index is 3.37. The van der Waals surface area contributed by atoms with Crippen molar-refractivity contribution < 1.29 is 13.2 Å². The van der Waals surface area contributed by atoms with Crippen LogP contribution in [-0.2, 0) is 0 Å². The van der Waals surface area contributed by atoms with Crippen LogP contribution in [0, 0.1) is 0 Å². The molecule has 0 unspecified atom stereocenters. The second-order valence-corrected chi connectivity index (χ2v) is 1.74. The lowest BCUT2D eigenvalue weighted by Crippen LogP contribution is -2.17. The van der Waals surface area contributed by atoms with Gasteiger partial charge in [-0.05, 0) is 0 Å². The summed E-state index contributed by atoms with van der Waals surface area (Å²) >= 11 is 0. The van der Waals surface area contributed by atoms with Gasteiger partial charge >= 0.3 is 0 Å². The van der Waals surface area contributed by atoms with E-state index in [1.54, 1.807) is 6.92 Å². The summed E-state index contributed by atoms with van der Waals surface area (Å²) in [4.78, 5) is 0. The van der Waals surface area contributed by atoms with Gasteiger partial charge in [0.25, 0.3) is 5.92 Å². The molecule has 0 aliphatic heterocycles. The van der Waals surface area contributed by atoms with Crippen LogP contribution < -0.4 is 0 Å². The maximum Gasteiger partial charge on any atom is 0.275 e. The van der Waals surface area contributed by atoms with E-state index in [1.165, 1.54) is 0 Å². The van der Waals surface area contributed by atoms with Gasteiger partial charge in [0.2, 0.25) is 0 Å². The molecule has 0 aliphatic rings. The third-order valence-corrected chi connectivity index (χ3v) is 0.811. The maximum absolute atomic E-state index is 11.8. The molecule has 0 spiro atoms. The molecule has 0 rings (SSSR count). The minimum Gasteiger partial charge on any atom is -0.244 e. The molecule has 0 bridgehead atoms. The molecule has 8 heavy (non-hydrogen) atoms. The number of hydrogen-bond acceptors (Lipinski definition) is 0. The molecule has 0 aromatic carbocycles. The molecule has 0 aromatic rings. The van der Waals surface area contributed by atoms with Crippen molar-refractivity contribution >= 4 is 0 Å². The Morgan fingerprint density at radius 2 is 1.88 bits per heavy atom. The van der Waals surface area contributed by atoms with Crippen molar-refractivity contribution in [3.05, 3.63) is 0 Å². The molecule has 0 saturated carbocycles. The fraction of sp³-hybridized carbons (Fsp3) is 1.00. The second-order valence-electron chi connectivity index (χ2n) is 1.74. The molecule has 0 amide bonds. The zero-order valence-electron chi connectivity index (χ0n) is 4.76. The van der Waals surface area contributed by atoms with E-state index < -0.39 is 12.6 Å². The monoisotopic (exact) mass is 126 g/mol. The Bertz CT molecular complexity index is 60.7. The van der Waals surface area contributed by atoms with Crippen LogP contribution in [-0.4, -0.2) is 12.6 Å². The van der Waals surface area contributed by atoms with E-state index in [0.717, 1.165) is 0 Å². The Morgan fingerprint density at radius 3 is 2.00 bits per heavy atom. The van der Waals surface area contributed by atoms with Crippen molar-refractivity contribution in [1.29, 1.82) is 0 Å². The van der Waals surface area contributed by atoms with E-state index in [-0.39, 0.29) is 6.42 Å². The third-order valence-electron chi connectivity index (χ3n) is 0.811. The summed E-state index contributed by atoms with van der Waals surface area (Å²) in [5.74, 6) is -3.07. The summed E-state index contributed by atoms with van der Waals surface area (Å²) in [6.45, 7) is 0.0738. The van der Waals surface area contributed by atoms with E-state index in [4.69, 9.17) is 0 Å². The molecule has 0 fully saturated rings. The second kappa shape index (κ2) is 2.95. The highest BCUT2D eigenvalue weighted by molar-refractivity contribution is 4.61. The molecule has 0 N–H and O–H groups in total. The van der Waals surface area contributed by atoms with Crippen molar-refractivity contribution in [3.63, 3.8) is 0 Å². The number of rotatable bonds is 3. The summed E-state index contributed by atoms with van der Waals surface area (Å²) < 4.78 is 34.8. The van der Waals surface area contributed by atoms with Gasteiger partial charge in [-0.1, -0.05) is 13.3 Å². The van der Waals surface area contributed by atoms with Crippen LogP contribution in [0.5, 0.6) is 0 Å². The van der Waals surface area contributed by atoms with E-state index in [0.29, 0.717) is 6.42 Å². The summed E-state index contributed by atoms with van der Waals surface area (Å²) in [5, 5.41) is 0. The number of hydrogen-bond donors (Lipinski definition) is 0. The molecular formula is C5H9F3. The summed E-state index contributed by atoms with van der Waals surface area (Å²) in [5.41, 5.74) is 0. The van der Waals surface area contributed by atoms with Crippen molar-refractivity contribution in [2.45, 2.75) is 25.7 Å². The molecule has 0 atom stereocenters. The summed E-state index contributed by atoms with van der Waals surface area (Å²) in [6, 6.07) is 0. The lowest BCUT2D eigenvalue weighted by atomic mass is 10.2. The minimum atomic E-state index is -3.07. The smallest absolute Gasteiger partial charge is 0.244 e. The van der Waals surface area contributed by atoms with Crippen molar-refractivity contribution in [2.75, 3.05) is 6.67 Å². The van der Waals surface area contributed by atoms with Crippen LogP contribution >= 0.6 is 0 Å². The van der Waals surface area contributed by atoms with Crippen LogP contribution in [0.3, 0.4) is 0 Å². The molecule has 0 aliphatic carbocycles. The predicted molar refractivity (Wildman–Crippen MR) is 25.8 cm³/mol. The zero-order valence-corrected chi connectivity index (χ0v) is 4.76. The first kappa shape index (κ1) is 7.79. The zero-order chi connectivity index (χ0) is 6.62. The molecule has 0 radical (unpaired) electrons. The largest absolute Gasteiger partial charge is 0.275 e. The van der Waals surface area contributed by atoms with Gasteiger partial charge in [0.1, 0.15) is 0 Å². The fourth-order valence-corrected chi connectivity index (χ4v) is 0.433. The van der Waals surface area contributed by atoms with E-state index >= 15 is 0 Å². The molecule has 3 heteroatoms. The van der Waals surface area contributed by atoms with Gasteiger partial charge in [0.15, 0.2) is 6.67 Å². The minimum absolute atomic E-state index is 0.330. The topological polar surface area (TPSA) is 0 Å². The normalized spacial score (nSPS) is 12.0. The van der Waals surface area contributed by atoms with Crippen molar-refractivity contribution in [2.24, 2.45) is 0 Å². The van der Waals surface area contributed by atoms with Crippen LogP contribution in [0.2, 0.25) is 0 Å². The Labute approximate surface area is 46.7 Å². The van der Waals surface area contributed by atoms with Gasteiger partial charge in [-0.15, -0.1) is 0 Å². The first-order valence-electron chi connectivity index (χ1n) is 2.56. The van der Waals surface area contributed by atoms with Crippen LogP contribution in [0.25, 0.3) is 0 Å². The van der Waals surface area contributed by atoms with E-state index in [1.807, 2.05) is 0 Å². The highest BCUT2D eigenvalue weighted by atomic mass is 19.3. The quantitative estimate of drug-likeness (QED) is 0.544. The lowest BCUT2D eigenvalue weighted by molar-refractivity contribution is -0.0304. The van der Waals surface area contributed by atoms with E-state index in [9.17, 15) is 13.2 Å². The average Bonchev–Trinajstić information content (AvgIpc) is 1.67. The van der Waals surface area contributed by atoms with Crippen LogP contribution in [0.1, 0.15) is 19.8 Å². The summed E-state index contributed by atoms with van der Waals surface area (Å²) in [6.07, 6.45) is -0.0135. The van der Waals surface area contributed by atoms with E-state index in [2.05, 4.69) is 0 Å². The predicted octanol–water partition coefficient (Wildman–Crippen LogP) is 2.39. The molecule has 50 valence electrons. The molecule has 0 saturated heterocycles. The van der Waals surface area contributed by atoms with Crippen molar-refractivity contribution in [3.8, 4) is 0 Å².